The standard InChI is InChI=1S/C6H12O3.C5H7NO2.C4H9NO2.ClH/c1-3-9-6(7)4-5-8-2;1-2-8-5(7)3-4-6;1-2-7-4(6)3-5;/h3-5H2,1-2H3;2-3H2,1H3;2-3,5H2,1H3;1H. The van der Waals surface area contributed by atoms with Gasteiger partial charge in [-0.05, 0) is 20.8 Å². The fourth-order valence-corrected chi connectivity index (χ4v) is 0.928. The average Bonchev–Trinajstić information content (AvgIpc) is 2.55. The van der Waals surface area contributed by atoms with Gasteiger partial charge in [0.05, 0.1) is 38.9 Å². The molecule has 25 heavy (non-hydrogen) atoms. The second kappa shape index (κ2) is 27.0. The van der Waals surface area contributed by atoms with Gasteiger partial charge in [-0.2, -0.15) is 5.26 Å². The second-order valence-electron chi connectivity index (χ2n) is 3.74. The van der Waals surface area contributed by atoms with Gasteiger partial charge < -0.3 is 37.1 Å². The highest BCUT2D eigenvalue weighted by atomic mass is 35.5. The normalized spacial score (nSPS) is 8.00. The Hall–Kier alpha value is -1.89. The molecule has 0 aliphatic carbocycles. The molecule has 0 bridgehead atoms. The molecule has 0 rings (SSSR count). The molecule has 0 amide bonds. The van der Waals surface area contributed by atoms with Gasteiger partial charge in [0.15, 0.2) is 6.54 Å². The first-order chi connectivity index (χ1) is 11.4. The Labute approximate surface area is 155 Å². The molecule has 0 aromatic heterocycles. The molecular formula is C15H29ClN2O7. The molecule has 0 aliphatic rings. The number of carbonyl (C=O) groups excluding carboxylic acids is 3. The molecule has 0 saturated carbocycles. The van der Waals surface area contributed by atoms with Gasteiger partial charge in [0, 0.05) is 7.11 Å². The lowest BCUT2D eigenvalue weighted by molar-refractivity contribution is -0.359. The van der Waals surface area contributed by atoms with E-state index in [4.69, 9.17) is 5.26 Å². The Morgan fingerprint density at radius 1 is 0.920 bits per heavy atom. The SMILES string of the molecule is CCOC(=O)CC#N.CCOC(=O)CCOC.CCOC(=O)C[NH3+].[Cl-]. The van der Waals surface area contributed by atoms with Crippen LogP contribution in [0, 0.1) is 11.3 Å². The average molecular weight is 385 g/mol. The van der Waals surface area contributed by atoms with E-state index in [9.17, 15) is 14.4 Å². The maximum atomic E-state index is 10.5. The zero-order valence-electron chi connectivity index (χ0n) is 15.3. The van der Waals surface area contributed by atoms with Crippen molar-refractivity contribution in [3.63, 3.8) is 0 Å². The number of methoxy groups -OCH3 is 1. The summed E-state index contributed by atoms with van der Waals surface area (Å²) in [7, 11) is 1.55. The predicted molar refractivity (Wildman–Crippen MR) is 84.4 cm³/mol. The third-order valence-electron chi connectivity index (χ3n) is 1.85. The zero-order chi connectivity index (χ0) is 19.2. The molecule has 148 valence electrons. The number of esters is 3. The molecule has 0 unspecified atom stereocenters. The van der Waals surface area contributed by atoms with Crippen molar-refractivity contribution in [1.29, 1.82) is 5.26 Å². The summed E-state index contributed by atoms with van der Waals surface area (Å²) in [6.45, 7) is 7.18. The molecule has 0 radical (unpaired) electrons. The van der Waals surface area contributed by atoms with E-state index < -0.39 is 5.97 Å². The van der Waals surface area contributed by atoms with Gasteiger partial charge in [0.1, 0.15) is 6.42 Å². The number of ether oxygens (including phenoxy) is 4. The number of carbonyl (C=O) groups is 3. The highest BCUT2D eigenvalue weighted by Crippen LogP contribution is 1.85. The van der Waals surface area contributed by atoms with Crippen molar-refractivity contribution >= 4 is 17.9 Å². The number of rotatable bonds is 8. The zero-order valence-corrected chi connectivity index (χ0v) is 16.1. The van der Waals surface area contributed by atoms with E-state index in [-0.39, 0.29) is 37.3 Å². The largest absolute Gasteiger partial charge is 1.00 e. The van der Waals surface area contributed by atoms with Crippen molar-refractivity contribution in [2.75, 3.05) is 40.1 Å². The van der Waals surface area contributed by atoms with Crippen LogP contribution < -0.4 is 18.1 Å². The number of halogens is 1. The smallest absolute Gasteiger partial charge is 0.361 e. The van der Waals surface area contributed by atoms with E-state index in [1.165, 1.54) is 0 Å². The highest BCUT2D eigenvalue weighted by molar-refractivity contribution is 5.71. The Balaban J connectivity index is -0.000000131. The van der Waals surface area contributed by atoms with Gasteiger partial charge in [0.25, 0.3) is 0 Å². The number of nitriles is 1. The predicted octanol–water partition coefficient (Wildman–Crippen LogP) is -3.16. The van der Waals surface area contributed by atoms with Crippen LogP contribution in [0.5, 0.6) is 0 Å². The van der Waals surface area contributed by atoms with Crippen molar-refractivity contribution in [3.8, 4) is 6.07 Å². The summed E-state index contributed by atoms with van der Waals surface area (Å²) >= 11 is 0. The van der Waals surface area contributed by atoms with E-state index in [0.29, 0.717) is 32.8 Å². The number of hydrogen-bond acceptors (Lipinski definition) is 8. The lowest BCUT2D eigenvalue weighted by Gasteiger charge is -1.98. The molecule has 0 fully saturated rings. The molecule has 3 N–H and O–H groups in total. The molecular weight excluding hydrogens is 356 g/mol. The summed E-state index contributed by atoms with van der Waals surface area (Å²) in [5.41, 5.74) is 3.33. The van der Waals surface area contributed by atoms with Crippen LogP contribution in [0.1, 0.15) is 33.6 Å². The molecule has 0 saturated heterocycles. The lowest BCUT2D eigenvalue weighted by Crippen LogP contribution is -3.00. The van der Waals surface area contributed by atoms with Crippen molar-refractivity contribution < 1.29 is 51.5 Å². The Morgan fingerprint density at radius 3 is 1.68 bits per heavy atom. The summed E-state index contributed by atoms with van der Waals surface area (Å²) < 4.78 is 18.2. The minimum absolute atomic E-state index is 0. The molecule has 0 aromatic rings. The van der Waals surface area contributed by atoms with Gasteiger partial charge in [-0.15, -0.1) is 0 Å². The summed E-state index contributed by atoms with van der Waals surface area (Å²) in [6.07, 6.45) is 0.207. The fraction of sp³-hybridized carbons (Fsp3) is 0.733. The van der Waals surface area contributed by atoms with Crippen molar-refractivity contribution in [2.45, 2.75) is 33.6 Å². The van der Waals surface area contributed by atoms with Crippen LogP contribution >= 0.6 is 0 Å². The summed E-state index contributed by atoms with van der Waals surface area (Å²) in [5, 5.41) is 7.91. The maximum Gasteiger partial charge on any atom is 0.361 e. The van der Waals surface area contributed by atoms with Crippen molar-refractivity contribution in [1.82, 2.24) is 0 Å². The summed E-state index contributed by atoms with van der Waals surface area (Å²) in [5.74, 6) is -0.878. The lowest BCUT2D eigenvalue weighted by atomic mass is 10.5. The molecule has 9 nitrogen and oxygen atoms in total. The van der Waals surface area contributed by atoms with Crippen LogP contribution in [0.4, 0.5) is 0 Å². The first-order valence-electron chi connectivity index (χ1n) is 7.55. The van der Waals surface area contributed by atoms with Gasteiger partial charge in [0.2, 0.25) is 0 Å². The van der Waals surface area contributed by atoms with Crippen LogP contribution in [0.25, 0.3) is 0 Å². The van der Waals surface area contributed by atoms with Crippen LogP contribution in [-0.2, 0) is 33.3 Å². The quantitative estimate of drug-likeness (QED) is 0.341. The van der Waals surface area contributed by atoms with E-state index in [1.807, 2.05) is 0 Å². The maximum absolute atomic E-state index is 10.5. The van der Waals surface area contributed by atoms with E-state index in [1.54, 1.807) is 34.0 Å². The monoisotopic (exact) mass is 384 g/mol. The van der Waals surface area contributed by atoms with Crippen molar-refractivity contribution in [2.24, 2.45) is 0 Å². The molecule has 0 aliphatic heterocycles. The molecule has 0 heterocycles. The van der Waals surface area contributed by atoms with Crippen LogP contribution in [0.15, 0.2) is 0 Å². The molecule has 0 atom stereocenters. The number of nitrogens with zero attached hydrogens (tertiary/aromatic N) is 1. The number of quaternary nitrogens is 1. The Kier molecular flexibility index (Phi) is 33.4. The van der Waals surface area contributed by atoms with E-state index in [0.717, 1.165) is 0 Å². The minimum atomic E-state index is -0.449. The molecule has 0 aromatic carbocycles. The van der Waals surface area contributed by atoms with Gasteiger partial charge in [-0.1, -0.05) is 0 Å². The van der Waals surface area contributed by atoms with E-state index in [2.05, 4.69) is 24.7 Å². The highest BCUT2D eigenvalue weighted by Gasteiger charge is 1.98. The van der Waals surface area contributed by atoms with Gasteiger partial charge >= 0.3 is 17.9 Å². The molecule has 0 spiro atoms. The van der Waals surface area contributed by atoms with Crippen LogP contribution in [0.3, 0.4) is 0 Å². The van der Waals surface area contributed by atoms with Crippen LogP contribution in [-0.4, -0.2) is 58.0 Å². The topological polar surface area (TPSA) is 140 Å². The van der Waals surface area contributed by atoms with Crippen molar-refractivity contribution in [3.05, 3.63) is 0 Å². The van der Waals surface area contributed by atoms with Crippen LogP contribution in [0.2, 0.25) is 0 Å². The van der Waals surface area contributed by atoms with Gasteiger partial charge in [-0.3, -0.25) is 9.59 Å². The summed E-state index contributed by atoms with van der Waals surface area (Å²) in [6, 6.07) is 1.68. The van der Waals surface area contributed by atoms with Gasteiger partial charge in [-0.25, -0.2) is 4.79 Å². The molecule has 10 heteroatoms. The second-order valence-corrected chi connectivity index (χ2v) is 3.74. The fourth-order valence-electron chi connectivity index (χ4n) is 0.928. The Morgan fingerprint density at radius 2 is 1.36 bits per heavy atom. The van der Waals surface area contributed by atoms with E-state index >= 15 is 0 Å². The first kappa shape index (κ1) is 30.9. The minimum Gasteiger partial charge on any atom is -1.00 e. The summed E-state index contributed by atoms with van der Waals surface area (Å²) in [4.78, 5) is 30.8. The number of hydrogen-bond donors (Lipinski definition) is 1. The first-order valence-corrected chi connectivity index (χ1v) is 7.55. The third-order valence-corrected chi connectivity index (χ3v) is 1.85. The Bertz CT molecular complexity index is 373. The third kappa shape index (κ3) is 34.5.